The Morgan fingerprint density at radius 1 is 1.29 bits per heavy atom. The largest absolute Gasteiger partial charge is 0.379 e. The smallest absolute Gasteiger partial charge is 0.191 e. The van der Waals surface area contributed by atoms with Crippen molar-refractivity contribution in [3.63, 3.8) is 0 Å². The second-order valence-corrected chi connectivity index (χ2v) is 8.62. The summed E-state index contributed by atoms with van der Waals surface area (Å²) >= 11 is 0. The lowest BCUT2D eigenvalue weighted by Crippen LogP contribution is -2.38. The zero-order valence-corrected chi connectivity index (χ0v) is 19.8. The van der Waals surface area contributed by atoms with Crippen LogP contribution in [0.1, 0.15) is 31.7 Å². The summed E-state index contributed by atoms with van der Waals surface area (Å²) in [6.07, 6.45) is 4.60. The van der Waals surface area contributed by atoms with Gasteiger partial charge in [0.25, 0.3) is 0 Å². The molecule has 9 heteroatoms. The van der Waals surface area contributed by atoms with E-state index >= 15 is 0 Å². The highest BCUT2D eigenvalue weighted by atomic mass is 127. The second kappa shape index (κ2) is 13.3. The van der Waals surface area contributed by atoms with Gasteiger partial charge in [-0.1, -0.05) is 12.1 Å². The molecular weight excluding hydrogens is 493 g/mol. The van der Waals surface area contributed by atoms with Crippen molar-refractivity contribution in [3.8, 4) is 0 Å². The Bertz CT molecular complexity index is 690. The molecule has 1 unspecified atom stereocenters. The molecule has 0 saturated carbocycles. The molecule has 1 atom stereocenters. The Hall–Kier alpha value is -0.910. The summed E-state index contributed by atoms with van der Waals surface area (Å²) < 4.78 is 34.2. The number of benzene rings is 1. The minimum atomic E-state index is -3.17. The van der Waals surface area contributed by atoms with Crippen LogP contribution in [0.2, 0.25) is 0 Å². The number of aliphatic imine (C=N–C) groups is 1. The van der Waals surface area contributed by atoms with E-state index < -0.39 is 9.84 Å². The molecule has 0 aliphatic carbocycles. The molecule has 0 aromatic heterocycles. The van der Waals surface area contributed by atoms with E-state index in [1.807, 2.05) is 6.92 Å². The average molecular weight is 525 g/mol. The fraction of sp³-hybridized carbons (Fsp3) is 0.632. The van der Waals surface area contributed by atoms with Gasteiger partial charge in [0.15, 0.2) is 15.8 Å². The summed E-state index contributed by atoms with van der Waals surface area (Å²) in [5.41, 5.74) is 0.958. The first kappa shape index (κ1) is 25.1. The number of ether oxygens (including phenoxy) is 2. The summed E-state index contributed by atoms with van der Waals surface area (Å²) in [6, 6.07) is 6.82. The van der Waals surface area contributed by atoms with Gasteiger partial charge in [-0.25, -0.2) is 13.4 Å². The van der Waals surface area contributed by atoms with E-state index in [0.717, 1.165) is 50.5 Å². The molecule has 0 spiro atoms. The van der Waals surface area contributed by atoms with Crippen LogP contribution in [0.25, 0.3) is 0 Å². The van der Waals surface area contributed by atoms with E-state index in [2.05, 4.69) is 15.6 Å². The summed E-state index contributed by atoms with van der Waals surface area (Å²) in [5.74, 6) is 0.740. The minimum absolute atomic E-state index is 0. The maximum Gasteiger partial charge on any atom is 0.191 e. The maximum absolute atomic E-state index is 11.5. The second-order valence-electron chi connectivity index (χ2n) is 6.60. The summed E-state index contributed by atoms with van der Waals surface area (Å²) in [7, 11) is -3.17. The van der Waals surface area contributed by atoms with E-state index in [1.54, 1.807) is 24.3 Å². The fourth-order valence-corrected chi connectivity index (χ4v) is 3.36. The predicted octanol–water partition coefficient (Wildman–Crippen LogP) is 2.35. The monoisotopic (exact) mass is 525 g/mol. The number of nitrogens with one attached hydrogen (secondary N) is 2. The van der Waals surface area contributed by atoms with Crippen LogP contribution in [-0.4, -0.2) is 59.6 Å². The Kier molecular flexibility index (Phi) is 12.0. The van der Waals surface area contributed by atoms with Crippen LogP contribution >= 0.6 is 24.0 Å². The molecular formula is C19H32IN3O4S. The highest BCUT2D eigenvalue weighted by molar-refractivity contribution is 14.0. The van der Waals surface area contributed by atoms with Crippen LogP contribution in [0.15, 0.2) is 34.2 Å². The topological polar surface area (TPSA) is 89.0 Å². The van der Waals surface area contributed by atoms with E-state index in [9.17, 15) is 8.42 Å². The molecule has 28 heavy (non-hydrogen) atoms. The Balaban J connectivity index is 0.00000392. The van der Waals surface area contributed by atoms with Crippen molar-refractivity contribution in [2.45, 2.75) is 43.7 Å². The van der Waals surface area contributed by atoms with Crippen molar-refractivity contribution in [3.05, 3.63) is 29.8 Å². The molecule has 1 heterocycles. The summed E-state index contributed by atoms with van der Waals surface area (Å²) in [4.78, 5) is 4.86. The summed E-state index contributed by atoms with van der Waals surface area (Å²) in [6.45, 7) is 6.27. The van der Waals surface area contributed by atoms with Crippen molar-refractivity contribution in [2.75, 3.05) is 39.2 Å². The minimum Gasteiger partial charge on any atom is -0.379 e. The number of hydrogen-bond donors (Lipinski definition) is 2. The van der Waals surface area contributed by atoms with Crippen molar-refractivity contribution >= 4 is 39.8 Å². The summed E-state index contributed by atoms with van der Waals surface area (Å²) in [5, 5.41) is 6.49. The van der Waals surface area contributed by atoms with Crippen LogP contribution in [0.5, 0.6) is 0 Å². The lowest BCUT2D eigenvalue weighted by atomic mass is 10.2. The number of nitrogens with zero attached hydrogens (tertiary/aromatic N) is 1. The van der Waals surface area contributed by atoms with E-state index in [-0.39, 0.29) is 30.1 Å². The molecule has 1 aromatic carbocycles. The Morgan fingerprint density at radius 2 is 2.04 bits per heavy atom. The molecule has 0 bridgehead atoms. The SMILES string of the molecule is CCNC(=NCc1ccc(S(C)(=O)=O)cc1)NCCCOCC1CCCO1.I. The Labute approximate surface area is 185 Å². The van der Waals surface area contributed by atoms with E-state index in [1.165, 1.54) is 6.26 Å². The van der Waals surface area contributed by atoms with Gasteiger partial charge in [0.1, 0.15) is 0 Å². The predicted molar refractivity (Wildman–Crippen MR) is 122 cm³/mol. The normalized spacial score (nSPS) is 17.2. The lowest BCUT2D eigenvalue weighted by molar-refractivity contribution is 0.0168. The van der Waals surface area contributed by atoms with Crippen LogP contribution < -0.4 is 10.6 Å². The average Bonchev–Trinajstić information content (AvgIpc) is 3.15. The Morgan fingerprint density at radius 3 is 2.64 bits per heavy atom. The molecule has 0 radical (unpaired) electrons. The van der Waals surface area contributed by atoms with Gasteiger partial charge in [0, 0.05) is 32.6 Å². The molecule has 2 N–H and O–H groups in total. The quantitative estimate of drug-likeness (QED) is 0.211. The molecule has 160 valence electrons. The first-order chi connectivity index (χ1) is 13.0. The van der Waals surface area contributed by atoms with E-state index in [0.29, 0.717) is 24.7 Å². The van der Waals surface area contributed by atoms with Crippen LogP contribution in [0, 0.1) is 0 Å². The van der Waals surface area contributed by atoms with Crippen molar-refractivity contribution in [1.29, 1.82) is 0 Å². The molecule has 2 rings (SSSR count). The van der Waals surface area contributed by atoms with Crippen molar-refractivity contribution in [2.24, 2.45) is 4.99 Å². The van der Waals surface area contributed by atoms with Gasteiger partial charge >= 0.3 is 0 Å². The van der Waals surface area contributed by atoms with Crippen molar-refractivity contribution in [1.82, 2.24) is 10.6 Å². The molecule has 1 aromatic rings. The number of halogens is 1. The highest BCUT2D eigenvalue weighted by Gasteiger charge is 2.14. The van der Waals surface area contributed by atoms with Gasteiger partial charge < -0.3 is 20.1 Å². The van der Waals surface area contributed by atoms with Crippen molar-refractivity contribution < 1.29 is 17.9 Å². The third kappa shape index (κ3) is 9.53. The highest BCUT2D eigenvalue weighted by Crippen LogP contribution is 2.12. The molecule has 7 nitrogen and oxygen atoms in total. The molecule has 0 amide bonds. The van der Waals surface area contributed by atoms with Gasteiger partial charge in [0.05, 0.1) is 24.2 Å². The van der Waals surface area contributed by atoms with Crippen LogP contribution in [-0.2, 0) is 25.9 Å². The van der Waals surface area contributed by atoms with Crippen LogP contribution in [0.3, 0.4) is 0 Å². The third-order valence-electron chi connectivity index (χ3n) is 4.20. The number of rotatable bonds is 10. The third-order valence-corrected chi connectivity index (χ3v) is 5.33. The van der Waals surface area contributed by atoms with Gasteiger partial charge in [-0.05, 0) is 43.9 Å². The van der Waals surface area contributed by atoms with E-state index in [4.69, 9.17) is 9.47 Å². The van der Waals surface area contributed by atoms with Gasteiger partial charge in [-0.2, -0.15) is 0 Å². The first-order valence-corrected chi connectivity index (χ1v) is 11.4. The lowest BCUT2D eigenvalue weighted by Gasteiger charge is -2.12. The standard InChI is InChI=1S/C19H31N3O4S.HI/c1-3-20-19(21-11-5-12-25-15-17-6-4-13-26-17)22-14-16-7-9-18(10-8-16)27(2,23)24;/h7-10,17H,3-6,11-15H2,1-2H3,(H2,20,21,22);1H. The van der Waals surface area contributed by atoms with Gasteiger partial charge in [-0.3, -0.25) is 0 Å². The van der Waals surface area contributed by atoms with Crippen LogP contribution in [0.4, 0.5) is 0 Å². The number of hydrogen-bond acceptors (Lipinski definition) is 5. The zero-order valence-electron chi connectivity index (χ0n) is 16.6. The number of guanidine groups is 1. The maximum atomic E-state index is 11.5. The molecule has 1 aliphatic rings. The van der Waals surface area contributed by atoms with Gasteiger partial charge in [0.2, 0.25) is 0 Å². The fourth-order valence-electron chi connectivity index (χ4n) is 2.73. The molecule has 1 fully saturated rings. The number of sulfone groups is 1. The first-order valence-electron chi connectivity index (χ1n) is 9.49. The van der Waals surface area contributed by atoms with Gasteiger partial charge in [-0.15, -0.1) is 24.0 Å². The zero-order chi connectivity index (χ0) is 19.5. The molecule has 1 saturated heterocycles. The molecule has 1 aliphatic heterocycles.